The average molecular weight is 182 g/mol. The summed E-state index contributed by atoms with van der Waals surface area (Å²) in [6.45, 7) is 3.10. The van der Waals surface area contributed by atoms with Gasteiger partial charge in [-0.2, -0.15) is 0 Å². The van der Waals surface area contributed by atoms with Crippen LogP contribution in [-0.2, 0) is 4.74 Å². The number of halogens is 2. The highest BCUT2D eigenvalue weighted by Crippen LogP contribution is 2.38. The van der Waals surface area contributed by atoms with Gasteiger partial charge in [-0.3, -0.25) is 4.39 Å². The first kappa shape index (κ1) is 9.23. The zero-order valence-corrected chi connectivity index (χ0v) is 7.12. The van der Waals surface area contributed by atoms with E-state index in [0.29, 0.717) is 0 Å². The fourth-order valence-corrected chi connectivity index (χ4v) is 1.78. The molecule has 2 saturated heterocycles. The zero-order chi connectivity index (χ0) is 7.03. The summed E-state index contributed by atoms with van der Waals surface area (Å²) in [7, 11) is 0. The van der Waals surface area contributed by atoms with Crippen molar-refractivity contribution in [2.45, 2.75) is 0 Å². The molecule has 0 radical (unpaired) electrons. The van der Waals surface area contributed by atoms with Crippen molar-refractivity contribution >= 4 is 12.4 Å². The van der Waals surface area contributed by atoms with Crippen LogP contribution in [0.4, 0.5) is 4.39 Å². The van der Waals surface area contributed by atoms with Gasteiger partial charge in [-0.05, 0) is 0 Å². The maximum absolute atomic E-state index is 12.3. The van der Waals surface area contributed by atoms with E-state index >= 15 is 0 Å². The molecule has 4 heteroatoms. The first-order valence-corrected chi connectivity index (χ1v) is 3.72. The van der Waals surface area contributed by atoms with E-state index in [-0.39, 0.29) is 30.4 Å². The standard InChI is InChI=1S/C7H12FNO.ClH/c8-1-6-2-9-3-7(6)4-10-5-7;/h6,9H,1-5H2;1H. The Morgan fingerprint density at radius 3 is 2.64 bits per heavy atom. The Morgan fingerprint density at radius 2 is 2.27 bits per heavy atom. The number of hydrogen-bond donors (Lipinski definition) is 1. The van der Waals surface area contributed by atoms with Crippen molar-refractivity contribution in [2.24, 2.45) is 11.3 Å². The van der Waals surface area contributed by atoms with E-state index in [4.69, 9.17) is 4.74 Å². The van der Waals surface area contributed by atoms with Gasteiger partial charge in [0.1, 0.15) is 0 Å². The molecule has 1 spiro atoms. The maximum Gasteiger partial charge on any atom is 0.0942 e. The molecular formula is C7H13ClFNO. The second-order valence-electron chi connectivity index (χ2n) is 3.34. The summed E-state index contributed by atoms with van der Waals surface area (Å²) in [5.41, 5.74) is 0.175. The molecule has 0 aromatic carbocycles. The third kappa shape index (κ3) is 1.25. The van der Waals surface area contributed by atoms with Gasteiger partial charge in [0, 0.05) is 24.4 Å². The average Bonchev–Trinajstić information content (AvgIpc) is 2.27. The lowest BCUT2D eigenvalue weighted by atomic mass is 9.77. The Kier molecular flexibility index (Phi) is 2.73. The summed E-state index contributed by atoms with van der Waals surface area (Å²) in [6, 6.07) is 0. The zero-order valence-electron chi connectivity index (χ0n) is 6.31. The van der Waals surface area contributed by atoms with Crippen molar-refractivity contribution in [1.29, 1.82) is 0 Å². The van der Waals surface area contributed by atoms with Crippen LogP contribution in [0, 0.1) is 11.3 Å². The molecular weight excluding hydrogens is 169 g/mol. The highest BCUT2D eigenvalue weighted by atomic mass is 35.5. The van der Waals surface area contributed by atoms with Crippen molar-refractivity contribution < 1.29 is 9.13 Å². The molecule has 1 unspecified atom stereocenters. The third-order valence-electron chi connectivity index (χ3n) is 2.70. The van der Waals surface area contributed by atoms with Crippen molar-refractivity contribution in [1.82, 2.24) is 5.32 Å². The molecule has 11 heavy (non-hydrogen) atoms. The Balaban J connectivity index is 0.000000605. The lowest BCUT2D eigenvalue weighted by Gasteiger charge is -2.41. The van der Waals surface area contributed by atoms with E-state index in [0.717, 1.165) is 26.3 Å². The second kappa shape index (κ2) is 3.25. The molecule has 2 nitrogen and oxygen atoms in total. The largest absolute Gasteiger partial charge is 0.380 e. The second-order valence-corrected chi connectivity index (χ2v) is 3.34. The summed E-state index contributed by atoms with van der Waals surface area (Å²) < 4.78 is 17.4. The molecule has 0 aromatic heterocycles. The monoisotopic (exact) mass is 181 g/mol. The summed E-state index contributed by atoms with van der Waals surface area (Å²) >= 11 is 0. The fourth-order valence-electron chi connectivity index (χ4n) is 1.78. The van der Waals surface area contributed by atoms with Gasteiger partial charge >= 0.3 is 0 Å². The van der Waals surface area contributed by atoms with E-state index in [1.165, 1.54) is 0 Å². The first-order chi connectivity index (χ1) is 4.87. The summed E-state index contributed by atoms with van der Waals surface area (Å²) in [5.74, 6) is 0.209. The predicted octanol–water partition coefficient (Wildman–Crippen LogP) is 0.614. The van der Waals surface area contributed by atoms with E-state index in [1.54, 1.807) is 0 Å². The molecule has 2 heterocycles. The van der Waals surface area contributed by atoms with E-state index < -0.39 is 0 Å². The first-order valence-electron chi connectivity index (χ1n) is 3.72. The number of rotatable bonds is 1. The van der Waals surface area contributed by atoms with Gasteiger partial charge in [0.15, 0.2) is 0 Å². The van der Waals surface area contributed by atoms with Gasteiger partial charge in [-0.15, -0.1) is 12.4 Å². The maximum atomic E-state index is 12.3. The van der Waals surface area contributed by atoms with Crippen LogP contribution in [0.5, 0.6) is 0 Å². The van der Waals surface area contributed by atoms with Crippen LogP contribution in [0.1, 0.15) is 0 Å². The number of ether oxygens (including phenoxy) is 1. The predicted molar refractivity (Wildman–Crippen MR) is 42.8 cm³/mol. The van der Waals surface area contributed by atoms with Gasteiger partial charge in [-0.1, -0.05) is 0 Å². The van der Waals surface area contributed by atoms with Gasteiger partial charge in [-0.25, -0.2) is 0 Å². The molecule has 2 fully saturated rings. The third-order valence-corrected chi connectivity index (χ3v) is 2.70. The smallest absolute Gasteiger partial charge is 0.0942 e. The number of nitrogens with one attached hydrogen (secondary N) is 1. The molecule has 2 rings (SSSR count). The molecule has 0 aromatic rings. The lowest BCUT2D eigenvalue weighted by molar-refractivity contribution is -0.127. The molecule has 1 N–H and O–H groups in total. The van der Waals surface area contributed by atoms with Crippen molar-refractivity contribution in [2.75, 3.05) is 33.0 Å². The van der Waals surface area contributed by atoms with Crippen LogP contribution in [0.25, 0.3) is 0 Å². The molecule has 66 valence electrons. The van der Waals surface area contributed by atoms with Gasteiger partial charge < -0.3 is 10.1 Å². The minimum atomic E-state index is -0.198. The van der Waals surface area contributed by atoms with Crippen molar-refractivity contribution in [3.05, 3.63) is 0 Å². The van der Waals surface area contributed by atoms with E-state index in [2.05, 4.69) is 5.32 Å². The fraction of sp³-hybridized carbons (Fsp3) is 1.00. The molecule has 0 aliphatic carbocycles. The van der Waals surface area contributed by atoms with Gasteiger partial charge in [0.25, 0.3) is 0 Å². The number of hydrogen-bond acceptors (Lipinski definition) is 2. The summed E-state index contributed by atoms with van der Waals surface area (Å²) in [4.78, 5) is 0. The van der Waals surface area contributed by atoms with Gasteiger partial charge in [0.2, 0.25) is 0 Å². The molecule has 0 bridgehead atoms. The van der Waals surface area contributed by atoms with Crippen LogP contribution in [0.3, 0.4) is 0 Å². The summed E-state index contributed by atoms with van der Waals surface area (Å²) in [6.07, 6.45) is 0. The van der Waals surface area contributed by atoms with Crippen LogP contribution in [0.15, 0.2) is 0 Å². The van der Waals surface area contributed by atoms with Crippen LogP contribution in [0.2, 0.25) is 0 Å². The molecule has 2 aliphatic heterocycles. The van der Waals surface area contributed by atoms with Crippen molar-refractivity contribution in [3.8, 4) is 0 Å². The lowest BCUT2D eigenvalue weighted by Crippen LogP contribution is -2.49. The molecule has 2 aliphatic rings. The number of alkyl halides is 1. The van der Waals surface area contributed by atoms with Crippen LogP contribution in [-0.4, -0.2) is 33.0 Å². The highest BCUT2D eigenvalue weighted by molar-refractivity contribution is 5.85. The Labute approximate surface area is 71.9 Å². The van der Waals surface area contributed by atoms with Gasteiger partial charge in [0.05, 0.1) is 19.9 Å². The molecule has 1 atom stereocenters. The highest BCUT2D eigenvalue weighted by Gasteiger charge is 2.48. The molecule has 0 saturated carbocycles. The quantitative estimate of drug-likeness (QED) is 0.640. The SMILES string of the molecule is Cl.FCC1CNCC12COC2. The Morgan fingerprint density at radius 1 is 1.55 bits per heavy atom. The van der Waals surface area contributed by atoms with E-state index in [9.17, 15) is 4.39 Å². The normalized spacial score (nSPS) is 33.0. The van der Waals surface area contributed by atoms with Crippen LogP contribution < -0.4 is 5.32 Å². The molecule has 0 amide bonds. The minimum Gasteiger partial charge on any atom is -0.380 e. The summed E-state index contributed by atoms with van der Waals surface area (Å²) in [5, 5.41) is 3.20. The Hall–Kier alpha value is 0.140. The van der Waals surface area contributed by atoms with Crippen molar-refractivity contribution in [3.63, 3.8) is 0 Å². The Bertz CT molecular complexity index is 140. The topological polar surface area (TPSA) is 21.3 Å². The minimum absolute atomic E-state index is 0. The van der Waals surface area contributed by atoms with E-state index in [1.807, 2.05) is 0 Å². The van der Waals surface area contributed by atoms with Crippen LogP contribution >= 0.6 is 12.4 Å².